The van der Waals surface area contributed by atoms with Crippen LogP contribution >= 0.6 is 0 Å². The summed E-state index contributed by atoms with van der Waals surface area (Å²) >= 11 is 0. The van der Waals surface area contributed by atoms with Crippen molar-refractivity contribution in [3.8, 4) is 5.75 Å². The Kier molecular flexibility index (Phi) is 7.85. The van der Waals surface area contributed by atoms with Gasteiger partial charge in [-0.15, -0.1) is 0 Å². The molecule has 0 spiro atoms. The fourth-order valence-electron chi connectivity index (χ4n) is 6.07. The molecule has 0 bridgehead atoms. The van der Waals surface area contributed by atoms with E-state index in [1.807, 2.05) is 60.7 Å². The van der Waals surface area contributed by atoms with E-state index in [9.17, 15) is 9.59 Å². The van der Waals surface area contributed by atoms with Crippen molar-refractivity contribution in [3.63, 3.8) is 0 Å². The van der Waals surface area contributed by atoms with Crippen LogP contribution in [0.1, 0.15) is 70.4 Å². The number of hydrogen-bond acceptors (Lipinski definition) is 5. The van der Waals surface area contributed by atoms with Crippen LogP contribution in [0.15, 0.2) is 89.5 Å². The SMILES string of the molecule is CN(Cc1ccccc1)C(=O)c1coc(COc2ccc3c(c2)C(c2ccccc2)N(C(=O)C2CCCC2)CC3)n1. The molecule has 210 valence electrons. The molecule has 1 fully saturated rings. The van der Waals surface area contributed by atoms with Gasteiger partial charge in [-0.1, -0.05) is 79.6 Å². The van der Waals surface area contributed by atoms with Crippen LogP contribution in [0.25, 0.3) is 0 Å². The monoisotopic (exact) mass is 549 g/mol. The normalized spacial score (nSPS) is 16.8. The van der Waals surface area contributed by atoms with Gasteiger partial charge in [0.05, 0.1) is 6.04 Å². The first-order chi connectivity index (χ1) is 20.1. The summed E-state index contributed by atoms with van der Waals surface area (Å²) in [5, 5.41) is 0. The summed E-state index contributed by atoms with van der Waals surface area (Å²) in [6, 6.07) is 26.0. The van der Waals surface area contributed by atoms with Gasteiger partial charge in [-0.05, 0) is 53.6 Å². The summed E-state index contributed by atoms with van der Waals surface area (Å²) in [7, 11) is 1.75. The average molecular weight is 550 g/mol. The third-order valence-corrected chi connectivity index (χ3v) is 8.19. The summed E-state index contributed by atoms with van der Waals surface area (Å²) in [5.74, 6) is 1.18. The summed E-state index contributed by atoms with van der Waals surface area (Å²) in [5.41, 5.74) is 4.72. The van der Waals surface area contributed by atoms with E-state index >= 15 is 0 Å². The minimum absolute atomic E-state index is 0.0924. The molecule has 2 aliphatic rings. The number of aromatic nitrogens is 1. The molecule has 1 unspecified atom stereocenters. The molecule has 1 aliphatic carbocycles. The van der Waals surface area contributed by atoms with E-state index in [0.717, 1.165) is 48.8 Å². The van der Waals surface area contributed by atoms with Crippen LogP contribution in [0.5, 0.6) is 5.75 Å². The van der Waals surface area contributed by atoms with Crippen molar-refractivity contribution in [3.05, 3.63) is 119 Å². The molecular weight excluding hydrogens is 514 g/mol. The number of carbonyl (C=O) groups excluding carboxylic acids is 2. The second kappa shape index (κ2) is 12.0. The number of carbonyl (C=O) groups is 2. The molecule has 2 amide bonds. The molecule has 1 aliphatic heterocycles. The number of ether oxygens (including phenoxy) is 1. The topological polar surface area (TPSA) is 75.9 Å². The number of hydrogen-bond donors (Lipinski definition) is 0. The molecule has 7 heteroatoms. The lowest BCUT2D eigenvalue weighted by Crippen LogP contribution is -2.43. The van der Waals surface area contributed by atoms with Crippen molar-refractivity contribution in [1.82, 2.24) is 14.8 Å². The Morgan fingerprint density at radius 3 is 2.49 bits per heavy atom. The number of amides is 2. The quantitative estimate of drug-likeness (QED) is 0.262. The smallest absolute Gasteiger partial charge is 0.275 e. The first-order valence-electron chi connectivity index (χ1n) is 14.4. The third-order valence-electron chi connectivity index (χ3n) is 8.19. The number of benzene rings is 3. The highest BCUT2D eigenvalue weighted by Crippen LogP contribution is 2.39. The fraction of sp³-hybridized carbons (Fsp3) is 0.324. The maximum absolute atomic E-state index is 13.6. The summed E-state index contributed by atoms with van der Waals surface area (Å²) < 4.78 is 11.7. The molecule has 0 radical (unpaired) electrons. The molecule has 7 nitrogen and oxygen atoms in total. The van der Waals surface area contributed by atoms with Crippen LogP contribution in [0.2, 0.25) is 0 Å². The van der Waals surface area contributed by atoms with Gasteiger partial charge >= 0.3 is 0 Å². The van der Waals surface area contributed by atoms with E-state index in [1.54, 1.807) is 11.9 Å². The van der Waals surface area contributed by atoms with E-state index in [-0.39, 0.29) is 36.1 Å². The number of oxazole rings is 1. The molecule has 0 saturated heterocycles. The zero-order valence-electron chi connectivity index (χ0n) is 23.4. The molecule has 1 atom stereocenters. The van der Waals surface area contributed by atoms with Crippen molar-refractivity contribution in [2.75, 3.05) is 13.6 Å². The van der Waals surface area contributed by atoms with E-state index in [0.29, 0.717) is 24.7 Å². The Labute approximate surface area is 240 Å². The highest BCUT2D eigenvalue weighted by molar-refractivity contribution is 5.91. The molecule has 3 aromatic carbocycles. The number of fused-ring (bicyclic) bond motifs is 1. The van der Waals surface area contributed by atoms with E-state index in [4.69, 9.17) is 9.15 Å². The molecule has 2 heterocycles. The molecule has 1 aromatic heterocycles. The third kappa shape index (κ3) is 5.89. The van der Waals surface area contributed by atoms with E-state index in [1.165, 1.54) is 11.8 Å². The van der Waals surface area contributed by atoms with Gasteiger partial charge in [-0.3, -0.25) is 9.59 Å². The lowest BCUT2D eigenvalue weighted by molar-refractivity contribution is -0.137. The largest absolute Gasteiger partial charge is 0.484 e. The van der Waals surface area contributed by atoms with Gasteiger partial charge in [0.25, 0.3) is 5.91 Å². The first kappa shape index (κ1) is 26.8. The van der Waals surface area contributed by atoms with Crippen LogP contribution < -0.4 is 4.74 Å². The summed E-state index contributed by atoms with van der Waals surface area (Å²) in [6.07, 6.45) is 6.43. The Morgan fingerprint density at radius 1 is 1.00 bits per heavy atom. The number of nitrogens with zero attached hydrogens (tertiary/aromatic N) is 3. The van der Waals surface area contributed by atoms with Crippen LogP contribution in [0, 0.1) is 5.92 Å². The van der Waals surface area contributed by atoms with Crippen LogP contribution in [-0.4, -0.2) is 40.2 Å². The lowest BCUT2D eigenvalue weighted by atomic mass is 9.87. The molecule has 0 N–H and O–H groups in total. The zero-order chi connectivity index (χ0) is 28.2. The van der Waals surface area contributed by atoms with E-state index in [2.05, 4.69) is 28.1 Å². The van der Waals surface area contributed by atoms with Gasteiger partial charge in [0.1, 0.15) is 12.0 Å². The van der Waals surface area contributed by atoms with Gasteiger partial charge in [0.15, 0.2) is 12.3 Å². The second-order valence-corrected chi connectivity index (χ2v) is 11.0. The molecule has 41 heavy (non-hydrogen) atoms. The van der Waals surface area contributed by atoms with Crippen molar-refractivity contribution >= 4 is 11.8 Å². The van der Waals surface area contributed by atoms with Crippen molar-refractivity contribution in [2.24, 2.45) is 5.92 Å². The maximum atomic E-state index is 13.6. The minimum atomic E-state index is -0.213. The average Bonchev–Trinajstić information content (AvgIpc) is 3.73. The maximum Gasteiger partial charge on any atom is 0.275 e. The van der Waals surface area contributed by atoms with E-state index < -0.39 is 0 Å². The van der Waals surface area contributed by atoms with Crippen molar-refractivity contribution < 1.29 is 18.7 Å². The van der Waals surface area contributed by atoms with Crippen LogP contribution in [-0.2, 0) is 24.4 Å². The van der Waals surface area contributed by atoms with Crippen molar-refractivity contribution in [1.29, 1.82) is 0 Å². The Morgan fingerprint density at radius 2 is 1.73 bits per heavy atom. The van der Waals surface area contributed by atoms with Gasteiger partial charge in [0, 0.05) is 26.1 Å². The van der Waals surface area contributed by atoms with Crippen LogP contribution in [0.4, 0.5) is 0 Å². The fourth-order valence-corrected chi connectivity index (χ4v) is 6.07. The minimum Gasteiger partial charge on any atom is -0.484 e. The molecule has 1 saturated carbocycles. The van der Waals surface area contributed by atoms with Crippen LogP contribution in [0.3, 0.4) is 0 Å². The Bertz CT molecular complexity index is 1490. The standard InChI is InChI=1S/C34H35N3O4/c1-36(21-24-10-4-2-5-11-24)34(39)30-22-41-31(35-30)23-40-28-17-16-25-18-19-37(33(38)27-14-8-9-15-27)32(29(25)20-28)26-12-6-3-7-13-26/h2-7,10-13,16-17,20,22,27,32H,8-9,14-15,18-19,21,23H2,1H3. The predicted octanol–water partition coefficient (Wildman–Crippen LogP) is 6.19. The lowest BCUT2D eigenvalue weighted by Gasteiger charge is -2.39. The zero-order valence-corrected chi connectivity index (χ0v) is 23.4. The first-order valence-corrected chi connectivity index (χ1v) is 14.4. The predicted molar refractivity (Wildman–Crippen MR) is 155 cm³/mol. The molecular formula is C34H35N3O4. The molecule has 6 rings (SSSR count). The van der Waals surface area contributed by atoms with Crippen molar-refractivity contribution in [2.45, 2.75) is 51.3 Å². The summed E-state index contributed by atoms with van der Waals surface area (Å²) in [6.45, 7) is 1.29. The Hall–Kier alpha value is -4.39. The summed E-state index contributed by atoms with van der Waals surface area (Å²) in [4.78, 5) is 34.6. The van der Waals surface area contributed by atoms with Gasteiger partial charge in [0.2, 0.25) is 11.8 Å². The van der Waals surface area contributed by atoms with Gasteiger partial charge in [-0.2, -0.15) is 0 Å². The highest BCUT2D eigenvalue weighted by atomic mass is 16.5. The second-order valence-electron chi connectivity index (χ2n) is 11.0. The molecule has 4 aromatic rings. The van der Waals surface area contributed by atoms with Gasteiger partial charge < -0.3 is 19.0 Å². The Balaban J connectivity index is 1.17. The number of rotatable bonds is 8. The van der Waals surface area contributed by atoms with Gasteiger partial charge in [-0.25, -0.2) is 4.98 Å². The highest BCUT2D eigenvalue weighted by Gasteiger charge is 2.36.